The predicted octanol–water partition coefficient (Wildman–Crippen LogP) is 8.53. The zero-order chi connectivity index (χ0) is 23.5. The van der Waals surface area contributed by atoms with Gasteiger partial charge in [0.2, 0.25) is 0 Å². The standard InChI is InChI=1S/C30H38O2S2/c1-29(2)23-7-5-19(13-21(23)15-27-25(29)9-11-31-27)17-33-34-18-20-6-8-24-22(14-20)16-28-26(10-12-32-28)30(24,3)4/h9-14,21-24H,5-8,15-18H2,1-4H3/t21-,22-,23+,24+/m0/s1. The van der Waals surface area contributed by atoms with Crippen molar-refractivity contribution in [2.45, 2.75) is 77.0 Å². The van der Waals surface area contributed by atoms with E-state index < -0.39 is 0 Å². The van der Waals surface area contributed by atoms with E-state index in [4.69, 9.17) is 8.83 Å². The van der Waals surface area contributed by atoms with E-state index in [0.717, 1.165) is 24.7 Å². The molecule has 2 nitrogen and oxygen atoms in total. The second-order valence-electron chi connectivity index (χ2n) is 12.2. The lowest BCUT2D eigenvalue weighted by atomic mass is 9.59. The number of fused-ring (bicyclic) bond motifs is 4. The zero-order valence-electron chi connectivity index (χ0n) is 21.1. The lowest BCUT2D eigenvalue weighted by molar-refractivity contribution is 0.188. The fraction of sp³-hybridized carbons (Fsp3) is 0.600. The van der Waals surface area contributed by atoms with Crippen LogP contribution in [0.4, 0.5) is 0 Å². The quantitative estimate of drug-likeness (QED) is 0.236. The summed E-state index contributed by atoms with van der Waals surface area (Å²) in [4.78, 5) is 0. The summed E-state index contributed by atoms with van der Waals surface area (Å²) in [5, 5.41) is 0. The molecule has 0 unspecified atom stereocenters. The molecule has 2 aromatic rings. The van der Waals surface area contributed by atoms with Crippen molar-refractivity contribution in [1.82, 2.24) is 0 Å². The molecule has 4 aliphatic carbocycles. The van der Waals surface area contributed by atoms with Crippen LogP contribution in [-0.2, 0) is 23.7 Å². The summed E-state index contributed by atoms with van der Waals surface area (Å²) < 4.78 is 11.7. The van der Waals surface area contributed by atoms with E-state index in [1.807, 2.05) is 12.5 Å². The first-order valence-corrected chi connectivity index (χ1v) is 15.6. The molecule has 4 atom stereocenters. The van der Waals surface area contributed by atoms with E-state index in [1.54, 1.807) is 11.1 Å². The second-order valence-corrected chi connectivity index (χ2v) is 14.6. The molecular weight excluding hydrogens is 456 g/mol. The number of rotatable bonds is 5. The third-order valence-corrected chi connectivity index (χ3v) is 12.0. The molecule has 0 saturated carbocycles. The number of allylic oxidation sites excluding steroid dienone is 2. The minimum atomic E-state index is 0.227. The SMILES string of the molecule is CC1(C)c2ccoc2C[C@@H]2C=C(CSSCC3=C[C@H]4Cc5occc5C(C)(C)[C@@H]4CC3)CC[C@H]21. The molecule has 4 aliphatic rings. The molecule has 0 radical (unpaired) electrons. The van der Waals surface area contributed by atoms with Crippen LogP contribution in [0.15, 0.2) is 56.8 Å². The largest absolute Gasteiger partial charge is 0.469 e. The number of furan rings is 2. The Morgan fingerprint density at radius 2 is 1.18 bits per heavy atom. The maximum atomic E-state index is 5.86. The molecule has 0 N–H and O–H groups in total. The average molecular weight is 495 g/mol. The Balaban J connectivity index is 1.04. The van der Waals surface area contributed by atoms with Crippen molar-refractivity contribution in [1.29, 1.82) is 0 Å². The normalized spacial score (nSPS) is 30.9. The van der Waals surface area contributed by atoms with E-state index in [0.29, 0.717) is 11.8 Å². The van der Waals surface area contributed by atoms with Crippen molar-refractivity contribution in [3.63, 3.8) is 0 Å². The van der Waals surface area contributed by atoms with Crippen LogP contribution < -0.4 is 0 Å². The van der Waals surface area contributed by atoms with E-state index in [1.165, 1.54) is 59.8 Å². The van der Waals surface area contributed by atoms with Gasteiger partial charge in [0.25, 0.3) is 0 Å². The van der Waals surface area contributed by atoms with Crippen LogP contribution in [0.5, 0.6) is 0 Å². The molecule has 0 aromatic carbocycles. The number of hydrogen-bond acceptors (Lipinski definition) is 4. The third-order valence-electron chi connectivity index (χ3n) is 9.63. The minimum absolute atomic E-state index is 0.227. The second kappa shape index (κ2) is 8.69. The van der Waals surface area contributed by atoms with Gasteiger partial charge >= 0.3 is 0 Å². The van der Waals surface area contributed by atoms with Gasteiger partial charge in [0.1, 0.15) is 11.5 Å². The maximum Gasteiger partial charge on any atom is 0.108 e. The first-order valence-electron chi connectivity index (χ1n) is 13.1. The average Bonchev–Trinajstić information content (AvgIpc) is 3.47. The van der Waals surface area contributed by atoms with Crippen molar-refractivity contribution >= 4 is 21.6 Å². The summed E-state index contributed by atoms with van der Waals surface area (Å²) in [6.45, 7) is 9.68. The van der Waals surface area contributed by atoms with Crippen LogP contribution in [0.3, 0.4) is 0 Å². The molecule has 34 heavy (non-hydrogen) atoms. The van der Waals surface area contributed by atoms with Gasteiger partial charge < -0.3 is 8.83 Å². The van der Waals surface area contributed by atoms with Crippen LogP contribution in [0.2, 0.25) is 0 Å². The molecule has 0 aliphatic heterocycles. The van der Waals surface area contributed by atoms with Crippen LogP contribution in [0.25, 0.3) is 0 Å². The van der Waals surface area contributed by atoms with Crippen molar-refractivity contribution in [2.24, 2.45) is 23.7 Å². The molecule has 0 saturated heterocycles. The smallest absolute Gasteiger partial charge is 0.108 e. The van der Waals surface area contributed by atoms with E-state index in [-0.39, 0.29) is 10.8 Å². The lowest BCUT2D eigenvalue weighted by Crippen LogP contribution is -2.40. The van der Waals surface area contributed by atoms with Crippen LogP contribution in [0.1, 0.15) is 76.0 Å². The summed E-state index contributed by atoms with van der Waals surface area (Å²) in [6.07, 6.45) is 16.3. The fourth-order valence-electron chi connectivity index (χ4n) is 7.76. The first kappa shape index (κ1) is 23.2. The molecule has 0 amide bonds. The van der Waals surface area contributed by atoms with E-state index in [9.17, 15) is 0 Å². The van der Waals surface area contributed by atoms with Gasteiger partial charge in [-0.2, -0.15) is 0 Å². The lowest BCUT2D eigenvalue weighted by Gasteiger charge is -2.45. The van der Waals surface area contributed by atoms with Gasteiger partial charge in [-0.05, 0) is 83.4 Å². The van der Waals surface area contributed by atoms with E-state index in [2.05, 4.69) is 73.6 Å². The highest BCUT2D eigenvalue weighted by Crippen LogP contribution is 2.51. The Morgan fingerprint density at radius 3 is 1.62 bits per heavy atom. The molecule has 6 rings (SSSR count). The Bertz CT molecular complexity index is 1030. The van der Waals surface area contributed by atoms with Gasteiger partial charge in [-0.15, -0.1) is 0 Å². The zero-order valence-corrected chi connectivity index (χ0v) is 22.7. The Kier molecular flexibility index (Phi) is 5.92. The molecular formula is C30H38O2S2. The summed E-state index contributed by atoms with van der Waals surface area (Å²) in [5.41, 5.74) is 6.66. The molecule has 182 valence electrons. The number of hydrogen-bond donors (Lipinski definition) is 0. The first-order chi connectivity index (χ1) is 16.3. The molecule has 2 aromatic heterocycles. The van der Waals surface area contributed by atoms with Gasteiger partial charge in [0.15, 0.2) is 0 Å². The highest BCUT2D eigenvalue weighted by molar-refractivity contribution is 8.76. The highest BCUT2D eigenvalue weighted by Gasteiger charge is 2.45. The third kappa shape index (κ3) is 3.88. The van der Waals surface area contributed by atoms with Crippen molar-refractivity contribution in [3.8, 4) is 0 Å². The van der Waals surface area contributed by atoms with Crippen LogP contribution in [-0.4, -0.2) is 11.5 Å². The Morgan fingerprint density at radius 1 is 0.735 bits per heavy atom. The summed E-state index contributed by atoms with van der Waals surface area (Å²) in [7, 11) is 4.13. The molecule has 0 spiro atoms. The topological polar surface area (TPSA) is 26.3 Å². The van der Waals surface area contributed by atoms with Crippen molar-refractivity contribution in [3.05, 3.63) is 70.6 Å². The van der Waals surface area contributed by atoms with Gasteiger partial charge in [-0.1, -0.05) is 72.6 Å². The fourth-order valence-corrected chi connectivity index (χ4v) is 10.1. The summed E-state index contributed by atoms with van der Waals surface area (Å²) >= 11 is 0. The van der Waals surface area contributed by atoms with Gasteiger partial charge in [-0.3, -0.25) is 0 Å². The van der Waals surface area contributed by atoms with Gasteiger partial charge in [-0.25, -0.2) is 0 Å². The van der Waals surface area contributed by atoms with E-state index >= 15 is 0 Å². The van der Waals surface area contributed by atoms with Crippen molar-refractivity contribution < 1.29 is 8.83 Å². The predicted molar refractivity (Wildman–Crippen MR) is 144 cm³/mol. The highest BCUT2D eigenvalue weighted by atomic mass is 33.1. The monoisotopic (exact) mass is 494 g/mol. The Labute approximate surface area is 212 Å². The maximum absolute atomic E-state index is 5.86. The Hall–Kier alpha value is -1.26. The molecule has 0 fully saturated rings. The summed E-state index contributed by atoms with van der Waals surface area (Å²) in [6, 6.07) is 4.42. The van der Waals surface area contributed by atoms with Crippen LogP contribution in [0, 0.1) is 23.7 Å². The molecule has 2 heterocycles. The van der Waals surface area contributed by atoms with Crippen molar-refractivity contribution in [2.75, 3.05) is 11.5 Å². The van der Waals surface area contributed by atoms with Gasteiger partial charge in [0, 0.05) is 24.3 Å². The molecule has 0 bridgehead atoms. The van der Waals surface area contributed by atoms with Gasteiger partial charge in [0.05, 0.1) is 12.5 Å². The van der Waals surface area contributed by atoms with Crippen LogP contribution >= 0.6 is 21.6 Å². The summed E-state index contributed by atoms with van der Waals surface area (Å²) in [5.74, 6) is 7.55. The minimum Gasteiger partial charge on any atom is -0.469 e. The molecule has 4 heteroatoms.